The van der Waals surface area contributed by atoms with Gasteiger partial charge in [0.25, 0.3) is 0 Å². The standard InChI is InChI=1S/C13H27N3O2/c1-3-5-11(8-9-14)6-7-12(17)16-10-13(18)15-4-2/h11H,3-10,14H2,1-2H3,(H,15,18)(H,16,17). The predicted molar refractivity (Wildman–Crippen MR) is 73.0 cm³/mol. The molecule has 106 valence electrons. The monoisotopic (exact) mass is 257 g/mol. The number of amides is 2. The van der Waals surface area contributed by atoms with Crippen molar-refractivity contribution in [2.45, 2.75) is 46.0 Å². The van der Waals surface area contributed by atoms with Gasteiger partial charge in [-0.25, -0.2) is 0 Å². The molecule has 0 aliphatic carbocycles. The average Bonchev–Trinajstić information content (AvgIpc) is 2.34. The van der Waals surface area contributed by atoms with Gasteiger partial charge in [0.1, 0.15) is 0 Å². The molecule has 4 N–H and O–H groups in total. The van der Waals surface area contributed by atoms with E-state index in [1.165, 1.54) is 0 Å². The Hall–Kier alpha value is -1.10. The maximum absolute atomic E-state index is 11.5. The highest BCUT2D eigenvalue weighted by molar-refractivity contribution is 5.84. The van der Waals surface area contributed by atoms with Gasteiger partial charge in [0.05, 0.1) is 6.54 Å². The number of hydrogen-bond acceptors (Lipinski definition) is 3. The Bertz CT molecular complexity index is 238. The van der Waals surface area contributed by atoms with E-state index in [1.54, 1.807) is 0 Å². The van der Waals surface area contributed by atoms with Crippen LogP contribution in [0, 0.1) is 5.92 Å². The van der Waals surface area contributed by atoms with Crippen LogP contribution in [0.25, 0.3) is 0 Å². The summed E-state index contributed by atoms with van der Waals surface area (Å²) in [6.07, 6.45) is 4.53. The molecule has 5 nitrogen and oxygen atoms in total. The summed E-state index contributed by atoms with van der Waals surface area (Å²) < 4.78 is 0. The van der Waals surface area contributed by atoms with E-state index in [2.05, 4.69) is 17.6 Å². The second kappa shape index (κ2) is 11.0. The highest BCUT2D eigenvalue weighted by Crippen LogP contribution is 2.16. The molecule has 0 aliphatic rings. The van der Waals surface area contributed by atoms with Crippen molar-refractivity contribution in [1.82, 2.24) is 10.6 Å². The lowest BCUT2D eigenvalue weighted by molar-refractivity contribution is -0.126. The normalized spacial score (nSPS) is 11.9. The third-order valence-corrected chi connectivity index (χ3v) is 2.87. The summed E-state index contributed by atoms with van der Waals surface area (Å²) in [7, 11) is 0. The summed E-state index contributed by atoms with van der Waals surface area (Å²) in [6.45, 7) is 5.32. The van der Waals surface area contributed by atoms with Crippen molar-refractivity contribution < 1.29 is 9.59 Å². The number of nitrogens with two attached hydrogens (primary N) is 1. The summed E-state index contributed by atoms with van der Waals surface area (Å²) in [5.74, 6) is 0.326. The Kier molecular flexibility index (Phi) is 10.3. The largest absolute Gasteiger partial charge is 0.355 e. The minimum absolute atomic E-state index is 0.0561. The minimum atomic E-state index is -0.141. The number of hydrogen-bond donors (Lipinski definition) is 3. The number of nitrogens with one attached hydrogen (secondary N) is 2. The van der Waals surface area contributed by atoms with Crippen LogP contribution in [0.3, 0.4) is 0 Å². The zero-order chi connectivity index (χ0) is 13.8. The molecule has 1 atom stereocenters. The van der Waals surface area contributed by atoms with E-state index in [0.29, 0.717) is 25.4 Å². The first-order chi connectivity index (χ1) is 8.63. The summed E-state index contributed by atoms with van der Waals surface area (Å²) in [5.41, 5.74) is 5.54. The molecule has 0 aromatic heterocycles. The maximum Gasteiger partial charge on any atom is 0.239 e. The number of likely N-dealkylation sites (N-methyl/N-ethyl adjacent to an activating group) is 1. The highest BCUT2D eigenvalue weighted by Gasteiger charge is 2.10. The molecular formula is C13H27N3O2. The van der Waals surface area contributed by atoms with Gasteiger partial charge in [-0.05, 0) is 32.2 Å². The van der Waals surface area contributed by atoms with Crippen molar-refractivity contribution in [2.75, 3.05) is 19.6 Å². The molecule has 2 amide bonds. The molecule has 0 radical (unpaired) electrons. The molecule has 5 heteroatoms. The molecule has 0 heterocycles. The van der Waals surface area contributed by atoms with Crippen LogP contribution in [0.4, 0.5) is 0 Å². The van der Waals surface area contributed by atoms with E-state index < -0.39 is 0 Å². The van der Waals surface area contributed by atoms with E-state index in [0.717, 1.165) is 25.7 Å². The van der Waals surface area contributed by atoms with Crippen molar-refractivity contribution in [3.63, 3.8) is 0 Å². The lowest BCUT2D eigenvalue weighted by atomic mass is 9.94. The van der Waals surface area contributed by atoms with Crippen LogP contribution in [0.2, 0.25) is 0 Å². The van der Waals surface area contributed by atoms with Crippen LogP contribution in [-0.4, -0.2) is 31.4 Å². The Morgan fingerprint density at radius 1 is 1.06 bits per heavy atom. The fourth-order valence-corrected chi connectivity index (χ4v) is 1.94. The molecule has 0 rings (SSSR count). The molecule has 0 saturated carbocycles. The third kappa shape index (κ3) is 8.98. The van der Waals surface area contributed by atoms with Crippen molar-refractivity contribution in [2.24, 2.45) is 11.7 Å². The lowest BCUT2D eigenvalue weighted by Gasteiger charge is -2.14. The molecule has 0 aromatic carbocycles. The van der Waals surface area contributed by atoms with Gasteiger partial charge in [-0.3, -0.25) is 9.59 Å². The minimum Gasteiger partial charge on any atom is -0.355 e. The number of rotatable bonds is 10. The molecular weight excluding hydrogens is 230 g/mol. The Balaban J connectivity index is 3.76. The van der Waals surface area contributed by atoms with E-state index >= 15 is 0 Å². The second-order valence-corrected chi connectivity index (χ2v) is 4.50. The van der Waals surface area contributed by atoms with E-state index in [1.807, 2.05) is 6.92 Å². The summed E-state index contributed by atoms with van der Waals surface area (Å²) >= 11 is 0. The number of carbonyl (C=O) groups is 2. The van der Waals surface area contributed by atoms with Crippen LogP contribution in [0.15, 0.2) is 0 Å². The van der Waals surface area contributed by atoms with Crippen molar-refractivity contribution in [3.8, 4) is 0 Å². The van der Waals surface area contributed by atoms with Crippen LogP contribution in [0.5, 0.6) is 0 Å². The number of carbonyl (C=O) groups excluding carboxylic acids is 2. The first-order valence-corrected chi connectivity index (χ1v) is 6.87. The predicted octanol–water partition coefficient (Wildman–Crippen LogP) is 0.784. The van der Waals surface area contributed by atoms with Gasteiger partial charge in [0, 0.05) is 13.0 Å². The fraction of sp³-hybridized carbons (Fsp3) is 0.846. The highest BCUT2D eigenvalue weighted by atomic mass is 16.2. The first kappa shape index (κ1) is 16.9. The van der Waals surface area contributed by atoms with Crippen molar-refractivity contribution in [3.05, 3.63) is 0 Å². The Morgan fingerprint density at radius 3 is 2.33 bits per heavy atom. The Morgan fingerprint density at radius 2 is 1.78 bits per heavy atom. The third-order valence-electron chi connectivity index (χ3n) is 2.87. The van der Waals surface area contributed by atoms with E-state index in [4.69, 9.17) is 5.73 Å². The van der Waals surface area contributed by atoms with Crippen LogP contribution in [0.1, 0.15) is 46.0 Å². The van der Waals surface area contributed by atoms with Gasteiger partial charge >= 0.3 is 0 Å². The van der Waals surface area contributed by atoms with Crippen molar-refractivity contribution in [1.29, 1.82) is 0 Å². The fourth-order valence-electron chi connectivity index (χ4n) is 1.94. The topological polar surface area (TPSA) is 84.2 Å². The first-order valence-electron chi connectivity index (χ1n) is 6.87. The van der Waals surface area contributed by atoms with Crippen LogP contribution >= 0.6 is 0 Å². The maximum atomic E-state index is 11.5. The second-order valence-electron chi connectivity index (χ2n) is 4.50. The lowest BCUT2D eigenvalue weighted by Crippen LogP contribution is -2.36. The summed E-state index contributed by atoms with van der Waals surface area (Å²) in [4.78, 5) is 22.7. The summed E-state index contributed by atoms with van der Waals surface area (Å²) in [5, 5.41) is 5.26. The SMILES string of the molecule is CCCC(CCN)CCC(=O)NCC(=O)NCC. The molecule has 0 fully saturated rings. The molecule has 1 unspecified atom stereocenters. The van der Waals surface area contributed by atoms with Gasteiger partial charge in [0.15, 0.2) is 0 Å². The average molecular weight is 257 g/mol. The van der Waals surface area contributed by atoms with Crippen LogP contribution < -0.4 is 16.4 Å². The molecule has 0 aromatic rings. The quantitative estimate of drug-likeness (QED) is 0.541. The van der Waals surface area contributed by atoms with Gasteiger partial charge in [-0.1, -0.05) is 19.8 Å². The molecule has 0 saturated heterocycles. The van der Waals surface area contributed by atoms with Crippen LogP contribution in [-0.2, 0) is 9.59 Å². The summed E-state index contributed by atoms with van der Waals surface area (Å²) in [6, 6.07) is 0. The van der Waals surface area contributed by atoms with Gasteiger partial charge in [0.2, 0.25) is 11.8 Å². The molecule has 0 bridgehead atoms. The van der Waals surface area contributed by atoms with E-state index in [-0.39, 0.29) is 18.4 Å². The molecule has 0 spiro atoms. The smallest absolute Gasteiger partial charge is 0.239 e. The zero-order valence-electron chi connectivity index (χ0n) is 11.6. The van der Waals surface area contributed by atoms with E-state index in [9.17, 15) is 9.59 Å². The van der Waals surface area contributed by atoms with Crippen molar-refractivity contribution >= 4 is 11.8 Å². The van der Waals surface area contributed by atoms with Gasteiger partial charge in [-0.2, -0.15) is 0 Å². The Labute approximate surface area is 110 Å². The van der Waals surface area contributed by atoms with Gasteiger partial charge in [-0.15, -0.1) is 0 Å². The zero-order valence-corrected chi connectivity index (χ0v) is 11.6. The van der Waals surface area contributed by atoms with Gasteiger partial charge < -0.3 is 16.4 Å². The molecule has 18 heavy (non-hydrogen) atoms. The molecule has 0 aliphatic heterocycles.